The molecule has 1 aromatic heterocycles. The van der Waals surface area contributed by atoms with Gasteiger partial charge in [-0.1, -0.05) is 20.3 Å². The molecule has 0 radical (unpaired) electrons. The first-order valence-corrected chi connectivity index (χ1v) is 7.06. The second-order valence-electron chi connectivity index (χ2n) is 4.97. The molecule has 0 aliphatic carbocycles. The Labute approximate surface area is 110 Å². The molecule has 0 spiro atoms. The van der Waals surface area contributed by atoms with Gasteiger partial charge in [0.15, 0.2) is 0 Å². The van der Waals surface area contributed by atoms with Crippen molar-refractivity contribution in [3.63, 3.8) is 0 Å². The van der Waals surface area contributed by atoms with Crippen molar-refractivity contribution in [2.24, 2.45) is 5.92 Å². The van der Waals surface area contributed by atoms with Crippen LogP contribution in [0.25, 0.3) is 0 Å². The van der Waals surface area contributed by atoms with E-state index in [1.807, 2.05) is 7.05 Å². The first-order valence-electron chi connectivity index (χ1n) is 7.06. The lowest BCUT2D eigenvalue weighted by Crippen LogP contribution is -2.35. The van der Waals surface area contributed by atoms with E-state index in [0.29, 0.717) is 0 Å². The topological polar surface area (TPSA) is 41.1 Å². The van der Waals surface area contributed by atoms with E-state index in [2.05, 4.69) is 34.0 Å². The molecular weight excluding hydrogens is 224 g/mol. The van der Waals surface area contributed by atoms with Crippen LogP contribution in [0.3, 0.4) is 0 Å². The zero-order valence-corrected chi connectivity index (χ0v) is 11.7. The normalized spacial score (nSPS) is 16.9. The van der Waals surface area contributed by atoms with Gasteiger partial charge in [-0.05, 0) is 25.2 Å². The molecule has 2 heterocycles. The second-order valence-corrected chi connectivity index (χ2v) is 4.97. The van der Waals surface area contributed by atoms with Crippen molar-refractivity contribution in [2.45, 2.75) is 39.5 Å². The van der Waals surface area contributed by atoms with Gasteiger partial charge in [0.05, 0.1) is 0 Å². The SMILES string of the molecule is CCc1c(NC)ncnc1N1CCC(CC)CC1. The summed E-state index contributed by atoms with van der Waals surface area (Å²) in [6.07, 6.45) is 6.53. The summed E-state index contributed by atoms with van der Waals surface area (Å²) in [5.41, 5.74) is 1.25. The van der Waals surface area contributed by atoms with Gasteiger partial charge in [0.25, 0.3) is 0 Å². The van der Waals surface area contributed by atoms with Crippen molar-refractivity contribution in [1.82, 2.24) is 9.97 Å². The summed E-state index contributed by atoms with van der Waals surface area (Å²) in [5, 5.41) is 3.17. The van der Waals surface area contributed by atoms with Gasteiger partial charge in [-0.2, -0.15) is 0 Å². The highest BCUT2D eigenvalue weighted by atomic mass is 15.2. The molecule has 2 rings (SSSR count). The average Bonchev–Trinajstić information content (AvgIpc) is 2.46. The minimum absolute atomic E-state index is 0.900. The fraction of sp³-hybridized carbons (Fsp3) is 0.714. The summed E-state index contributed by atoms with van der Waals surface area (Å²) < 4.78 is 0. The van der Waals surface area contributed by atoms with E-state index in [1.165, 1.54) is 24.8 Å². The van der Waals surface area contributed by atoms with E-state index in [1.54, 1.807) is 6.33 Å². The number of nitrogens with one attached hydrogen (secondary N) is 1. The van der Waals surface area contributed by atoms with Gasteiger partial charge in [-0.3, -0.25) is 0 Å². The van der Waals surface area contributed by atoms with Gasteiger partial charge < -0.3 is 10.2 Å². The minimum atomic E-state index is 0.900. The van der Waals surface area contributed by atoms with Crippen LogP contribution in [0.2, 0.25) is 0 Å². The van der Waals surface area contributed by atoms with Gasteiger partial charge in [0.2, 0.25) is 0 Å². The van der Waals surface area contributed by atoms with E-state index < -0.39 is 0 Å². The zero-order valence-electron chi connectivity index (χ0n) is 11.7. The molecule has 4 heteroatoms. The molecule has 0 unspecified atom stereocenters. The Morgan fingerprint density at radius 2 is 2.00 bits per heavy atom. The van der Waals surface area contributed by atoms with E-state index in [-0.39, 0.29) is 0 Å². The smallest absolute Gasteiger partial charge is 0.137 e. The third-order valence-corrected chi connectivity index (χ3v) is 4.00. The van der Waals surface area contributed by atoms with Crippen LogP contribution in [-0.4, -0.2) is 30.1 Å². The number of aromatic nitrogens is 2. The molecule has 4 nitrogen and oxygen atoms in total. The molecule has 1 N–H and O–H groups in total. The predicted octanol–water partition coefficient (Wildman–Crippen LogP) is 2.71. The summed E-state index contributed by atoms with van der Waals surface area (Å²) in [4.78, 5) is 11.2. The fourth-order valence-electron chi connectivity index (χ4n) is 2.77. The van der Waals surface area contributed by atoms with E-state index in [0.717, 1.165) is 37.1 Å². The maximum atomic E-state index is 4.51. The van der Waals surface area contributed by atoms with Crippen LogP contribution in [0.1, 0.15) is 38.7 Å². The van der Waals surface area contributed by atoms with Gasteiger partial charge in [0.1, 0.15) is 18.0 Å². The van der Waals surface area contributed by atoms with Crippen LogP contribution < -0.4 is 10.2 Å². The molecule has 100 valence electrons. The van der Waals surface area contributed by atoms with Crippen molar-refractivity contribution in [3.05, 3.63) is 11.9 Å². The molecular formula is C14H24N4. The highest BCUT2D eigenvalue weighted by molar-refractivity contribution is 5.58. The third kappa shape index (κ3) is 2.57. The third-order valence-electron chi connectivity index (χ3n) is 4.00. The fourth-order valence-corrected chi connectivity index (χ4v) is 2.77. The van der Waals surface area contributed by atoms with Crippen LogP contribution in [-0.2, 0) is 6.42 Å². The van der Waals surface area contributed by atoms with E-state index in [4.69, 9.17) is 0 Å². The number of anilines is 2. The van der Waals surface area contributed by atoms with Gasteiger partial charge in [0, 0.05) is 25.7 Å². The maximum absolute atomic E-state index is 4.51. The Morgan fingerprint density at radius 1 is 1.28 bits per heavy atom. The van der Waals surface area contributed by atoms with Crippen LogP contribution in [0.4, 0.5) is 11.6 Å². The van der Waals surface area contributed by atoms with Gasteiger partial charge in [-0.25, -0.2) is 9.97 Å². The summed E-state index contributed by atoms with van der Waals surface area (Å²) in [5.74, 6) is 3.00. The maximum Gasteiger partial charge on any atom is 0.137 e. The predicted molar refractivity (Wildman–Crippen MR) is 76.2 cm³/mol. The lowest BCUT2D eigenvalue weighted by Gasteiger charge is -2.33. The molecule has 0 aromatic carbocycles. The lowest BCUT2D eigenvalue weighted by molar-refractivity contribution is 0.393. The molecule has 18 heavy (non-hydrogen) atoms. The largest absolute Gasteiger partial charge is 0.373 e. The molecule has 1 saturated heterocycles. The Bertz CT molecular complexity index is 383. The van der Waals surface area contributed by atoms with E-state index in [9.17, 15) is 0 Å². The molecule has 1 aliphatic rings. The van der Waals surface area contributed by atoms with Crippen LogP contribution >= 0.6 is 0 Å². The van der Waals surface area contributed by atoms with Crippen LogP contribution in [0.15, 0.2) is 6.33 Å². The first kappa shape index (κ1) is 13.1. The van der Waals surface area contributed by atoms with Crippen molar-refractivity contribution in [2.75, 3.05) is 30.4 Å². The van der Waals surface area contributed by atoms with Crippen molar-refractivity contribution < 1.29 is 0 Å². The summed E-state index contributed by atoms with van der Waals surface area (Å²) in [6.45, 7) is 6.72. The van der Waals surface area contributed by atoms with E-state index >= 15 is 0 Å². The summed E-state index contributed by atoms with van der Waals surface area (Å²) >= 11 is 0. The average molecular weight is 248 g/mol. The zero-order chi connectivity index (χ0) is 13.0. The number of nitrogens with zero attached hydrogens (tertiary/aromatic N) is 3. The number of rotatable bonds is 4. The van der Waals surface area contributed by atoms with Gasteiger partial charge in [-0.15, -0.1) is 0 Å². The Balaban J connectivity index is 2.18. The monoisotopic (exact) mass is 248 g/mol. The number of hydrogen-bond acceptors (Lipinski definition) is 4. The summed E-state index contributed by atoms with van der Waals surface area (Å²) in [6, 6.07) is 0. The van der Waals surface area contributed by atoms with Gasteiger partial charge >= 0.3 is 0 Å². The highest BCUT2D eigenvalue weighted by Gasteiger charge is 2.21. The molecule has 1 aromatic rings. The van der Waals surface area contributed by atoms with Crippen molar-refractivity contribution in [3.8, 4) is 0 Å². The molecule has 0 bridgehead atoms. The highest BCUT2D eigenvalue weighted by Crippen LogP contribution is 2.28. The minimum Gasteiger partial charge on any atom is -0.373 e. The first-order chi connectivity index (χ1) is 8.80. The van der Waals surface area contributed by atoms with Crippen LogP contribution in [0, 0.1) is 5.92 Å². The molecule has 1 fully saturated rings. The van der Waals surface area contributed by atoms with Crippen LogP contribution in [0.5, 0.6) is 0 Å². The standard InChI is InChI=1S/C14H24N4/c1-4-11-6-8-18(9-7-11)14-12(5-2)13(15-3)16-10-17-14/h10-11H,4-9H2,1-3H3,(H,15,16,17). The number of hydrogen-bond donors (Lipinski definition) is 1. The Hall–Kier alpha value is -1.32. The van der Waals surface area contributed by atoms with Crippen molar-refractivity contribution in [1.29, 1.82) is 0 Å². The second kappa shape index (κ2) is 6.03. The van der Waals surface area contributed by atoms with Crippen molar-refractivity contribution >= 4 is 11.6 Å². The molecule has 1 aliphatic heterocycles. The summed E-state index contributed by atoms with van der Waals surface area (Å²) in [7, 11) is 1.93. The number of piperidine rings is 1. The molecule has 0 saturated carbocycles. The quantitative estimate of drug-likeness (QED) is 0.889. The lowest BCUT2D eigenvalue weighted by atomic mass is 9.94. The Morgan fingerprint density at radius 3 is 2.56 bits per heavy atom. The molecule has 0 atom stereocenters. The Kier molecular flexibility index (Phi) is 4.39. The molecule has 0 amide bonds.